The molecule has 0 aliphatic heterocycles. The molecule has 0 spiro atoms. The second kappa shape index (κ2) is 5.86. The van der Waals surface area contributed by atoms with Gasteiger partial charge in [0.05, 0.1) is 0 Å². The van der Waals surface area contributed by atoms with Crippen LogP contribution in [0.4, 0.5) is 0 Å². The van der Waals surface area contributed by atoms with Crippen LogP contribution in [0, 0.1) is 0 Å². The molecule has 3 heteroatoms. The first-order valence-corrected chi connectivity index (χ1v) is 4.79. The Kier molecular flexibility index (Phi) is 4.41. The highest BCUT2D eigenvalue weighted by atomic mass is 16.5. The average molecular weight is 205 g/mol. The van der Waals surface area contributed by atoms with Crippen molar-refractivity contribution in [3.8, 4) is 5.75 Å². The Morgan fingerprint density at radius 3 is 2.60 bits per heavy atom. The van der Waals surface area contributed by atoms with Crippen molar-refractivity contribution in [1.29, 1.82) is 0 Å². The molecule has 0 aromatic heterocycles. The molecular formula is C12H15NO2. The second-order valence-electron chi connectivity index (χ2n) is 3.22. The normalized spacial score (nSPS) is 10.9. The third kappa shape index (κ3) is 4.86. The smallest absolute Gasteiger partial charge is 0.158 e. The number of carbonyl (C=O) groups excluding carboxylic acids is 1. The van der Waals surface area contributed by atoms with Gasteiger partial charge in [0.2, 0.25) is 0 Å². The molecule has 1 N–H and O–H groups in total. The lowest BCUT2D eigenvalue weighted by atomic mass is 10.3. The van der Waals surface area contributed by atoms with E-state index >= 15 is 0 Å². The Balaban J connectivity index is 2.31. The molecule has 0 unspecified atom stereocenters. The fraction of sp³-hybridized carbons (Fsp3) is 0.250. The third-order valence-corrected chi connectivity index (χ3v) is 1.75. The quantitative estimate of drug-likeness (QED) is 0.591. The van der Waals surface area contributed by atoms with E-state index in [1.165, 1.54) is 13.0 Å². The summed E-state index contributed by atoms with van der Waals surface area (Å²) in [6.07, 6.45) is 1.54. The van der Waals surface area contributed by atoms with Gasteiger partial charge in [0.1, 0.15) is 5.75 Å². The molecule has 1 rings (SSSR count). The van der Waals surface area contributed by atoms with Crippen molar-refractivity contribution in [3.63, 3.8) is 0 Å². The van der Waals surface area contributed by atoms with Crippen LogP contribution in [0.5, 0.6) is 5.75 Å². The zero-order chi connectivity index (χ0) is 11.1. The summed E-state index contributed by atoms with van der Waals surface area (Å²) >= 11 is 0. The Morgan fingerprint density at radius 2 is 2.00 bits per heavy atom. The number of ketones is 1. The minimum Gasteiger partial charge on any atom is -0.473 e. The molecule has 0 atom stereocenters. The number of para-hydroxylation sites is 1. The highest BCUT2D eigenvalue weighted by Gasteiger charge is 1.92. The summed E-state index contributed by atoms with van der Waals surface area (Å²) < 4.78 is 5.39. The minimum absolute atomic E-state index is 0.0275. The monoisotopic (exact) mass is 205 g/mol. The first-order chi connectivity index (χ1) is 7.18. The predicted molar refractivity (Wildman–Crippen MR) is 59.5 cm³/mol. The largest absolute Gasteiger partial charge is 0.473 e. The summed E-state index contributed by atoms with van der Waals surface area (Å²) in [4.78, 5) is 10.7. The Bertz CT molecular complexity index is 344. The zero-order valence-electron chi connectivity index (χ0n) is 8.99. The maximum atomic E-state index is 10.7. The van der Waals surface area contributed by atoms with Gasteiger partial charge >= 0.3 is 0 Å². The van der Waals surface area contributed by atoms with Crippen LogP contribution in [-0.4, -0.2) is 12.5 Å². The lowest BCUT2D eigenvalue weighted by molar-refractivity contribution is -0.112. The average Bonchev–Trinajstić information content (AvgIpc) is 2.18. The van der Waals surface area contributed by atoms with Gasteiger partial charge in [-0.25, -0.2) is 0 Å². The van der Waals surface area contributed by atoms with Crippen LogP contribution >= 0.6 is 0 Å². The first-order valence-electron chi connectivity index (χ1n) is 4.79. The lowest BCUT2D eigenvalue weighted by Crippen LogP contribution is -2.18. The molecule has 0 amide bonds. The van der Waals surface area contributed by atoms with E-state index in [-0.39, 0.29) is 5.78 Å². The van der Waals surface area contributed by atoms with Crippen molar-refractivity contribution in [2.45, 2.75) is 13.8 Å². The molecule has 3 nitrogen and oxygen atoms in total. The molecular weight excluding hydrogens is 190 g/mol. The van der Waals surface area contributed by atoms with E-state index < -0.39 is 0 Å². The van der Waals surface area contributed by atoms with E-state index in [0.717, 1.165) is 11.4 Å². The van der Waals surface area contributed by atoms with Gasteiger partial charge in [-0.2, -0.15) is 0 Å². The predicted octanol–water partition coefficient (Wildman–Crippen LogP) is 2.11. The van der Waals surface area contributed by atoms with E-state index in [1.807, 2.05) is 37.3 Å². The molecule has 0 aliphatic rings. The van der Waals surface area contributed by atoms with Gasteiger partial charge in [-0.15, -0.1) is 0 Å². The molecule has 1 aromatic rings. The highest BCUT2D eigenvalue weighted by molar-refractivity contribution is 5.87. The molecule has 15 heavy (non-hydrogen) atoms. The second-order valence-corrected chi connectivity index (χ2v) is 3.22. The fourth-order valence-electron chi connectivity index (χ4n) is 1.11. The van der Waals surface area contributed by atoms with Crippen LogP contribution < -0.4 is 10.1 Å². The Morgan fingerprint density at radius 1 is 1.33 bits per heavy atom. The number of hydrogen-bond acceptors (Lipinski definition) is 3. The summed E-state index contributed by atoms with van der Waals surface area (Å²) in [7, 11) is 0. The van der Waals surface area contributed by atoms with Crippen LogP contribution in [-0.2, 0) is 4.79 Å². The summed E-state index contributed by atoms with van der Waals surface area (Å²) in [5, 5.41) is 2.98. The van der Waals surface area contributed by atoms with Crippen molar-refractivity contribution in [1.82, 2.24) is 5.32 Å². The number of benzene rings is 1. The number of nitrogens with one attached hydrogen (secondary N) is 1. The SMILES string of the molecule is CC(=O)/C=C(\C)NCOc1ccccc1. The molecule has 0 saturated heterocycles. The van der Waals surface area contributed by atoms with Gasteiger partial charge in [-0.1, -0.05) is 18.2 Å². The summed E-state index contributed by atoms with van der Waals surface area (Å²) in [6, 6.07) is 9.51. The molecule has 0 saturated carbocycles. The van der Waals surface area contributed by atoms with Gasteiger partial charge in [-0.3, -0.25) is 4.79 Å². The summed E-state index contributed by atoms with van der Waals surface area (Å²) in [5.41, 5.74) is 0.804. The number of hydrogen-bond donors (Lipinski definition) is 1. The van der Waals surface area contributed by atoms with Crippen LogP contribution in [0.15, 0.2) is 42.1 Å². The minimum atomic E-state index is 0.0275. The molecule has 1 aromatic carbocycles. The first kappa shape index (κ1) is 11.3. The van der Waals surface area contributed by atoms with Crippen LogP contribution in [0.2, 0.25) is 0 Å². The van der Waals surface area contributed by atoms with Gasteiger partial charge < -0.3 is 10.1 Å². The summed E-state index contributed by atoms with van der Waals surface area (Å²) in [5.74, 6) is 0.834. The fourth-order valence-corrected chi connectivity index (χ4v) is 1.11. The van der Waals surface area contributed by atoms with Crippen molar-refractivity contribution < 1.29 is 9.53 Å². The van der Waals surface area contributed by atoms with E-state index in [0.29, 0.717) is 6.73 Å². The standard InChI is InChI=1S/C12H15NO2/c1-10(8-11(2)14)13-9-15-12-6-4-3-5-7-12/h3-8,13H,9H2,1-2H3/b10-8+. The third-order valence-electron chi connectivity index (χ3n) is 1.75. The van der Waals surface area contributed by atoms with Gasteiger partial charge in [-0.05, 0) is 32.1 Å². The topological polar surface area (TPSA) is 38.3 Å². The molecule has 0 aliphatic carbocycles. The zero-order valence-corrected chi connectivity index (χ0v) is 8.99. The molecule has 0 fully saturated rings. The van der Waals surface area contributed by atoms with Crippen molar-refractivity contribution in [2.75, 3.05) is 6.73 Å². The van der Waals surface area contributed by atoms with Crippen LogP contribution in [0.1, 0.15) is 13.8 Å². The van der Waals surface area contributed by atoms with Gasteiger partial charge in [0.25, 0.3) is 0 Å². The Hall–Kier alpha value is -1.77. The highest BCUT2D eigenvalue weighted by Crippen LogP contribution is 2.07. The van der Waals surface area contributed by atoms with E-state index in [2.05, 4.69) is 5.32 Å². The molecule has 0 bridgehead atoms. The Labute approximate surface area is 89.8 Å². The number of allylic oxidation sites excluding steroid dienone is 2. The molecule has 0 heterocycles. The van der Waals surface area contributed by atoms with Crippen LogP contribution in [0.25, 0.3) is 0 Å². The van der Waals surface area contributed by atoms with E-state index in [9.17, 15) is 4.79 Å². The van der Waals surface area contributed by atoms with Crippen LogP contribution in [0.3, 0.4) is 0 Å². The maximum Gasteiger partial charge on any atom is 0.158 e. The maximum absolute atomic E-state index is 10.7. The van der Waals surface area contributed by atoms with Crippen molar-refractivity contribution >= 4 is 5.78 Å². The van der Waals surface area contributed by atoms with Crippen molar-refractivity contribution in [2.24, 2.45) is 0 Å². The van der Waals surface area contributed by atoms with Crippen molar-refractivity contribution in [3.05, 3.63) is 42.1 Å². The number of rotatable bonds is 5. The van der Waals surface area contributed by atoms with Gasteiger partial charge in [0.15, 0.2) is 12.5 Å². The van der Waals surface area contributed by atoms with E-state index in [4.69, 9.17) is 4.74 Å². The molecule has 0 radical (unpaired) electrons. The number of carbonyl (C=O) groups is 1. The number of ether oxygens (including phenoxy) is 1. The molecule has 80 valence electrons. The summed E-state index contributed by atoms with van der Waals surface area (Å²) in [6.45, 7) is 3.71. The van der Waals surface area contributed by atoms with E-state index in [1.54, 1.807) is 0 Å². The van der Waals surface area contributed by atoms with Gasteiger partial charge in [0, 0.05) is 5.70 Å². The lowest BCUT2D eigenvalue weighted by Gasteiger charge is -2.08.